The summed E-state index contributed by atoms with van der Waals surface area (Å²) >= 11 is 0.611. The summed E-state index contributed by atoms with van der Waals surface area (Å²) in [6.07, 6.45) is 0. The van der Waals surface area contributed by atoms with Crippen LogP contribution in [0.3, 0.4) is 0 Å². The van der Waals surface area contributed by atoms with Crippen molar-refractivity contribution in [2.24, 2.45) is 32.8 Å². The second-order valence-electron chi connectivity index (χ2n) is 5.82. The van der Waals surface area contributed by atoms with Gasteiger partial charge in [-0.05, 0) is 22.6 Å². The number of sulfonamides is 1. The second-order valence-corrected chi connectivity index (χ2v) is 8.74. The van der Waals surface area contributed by atoms with E-state index in [1.54, 1.807) is 0 Å². The minimum Gasteiger partial charge on any atom is -0.321 e. The van der Waals surface area contributed by atoms with E-state index in [-0.39, 0.29) is 32.1 Å². The molecule has 1 rings (SSSR count). The molecular formula is C11H20N4O3S2. The molecule has 0 aromatic carbocycles. The summed E-state index contributed by atoms with van der Waals surface area (Å²) in [5.74, 6) is 4.69. The molecule has 7 nitrogen and oxygen atoms in total. The fourth-order valence-electron chi connectivity index (χ4n) is 2.28. The van der Waals surface area contributed by atoms with Crippen molar-refractivity contribution in [3.8, 4) is 0 Å². The van der Waals surface area contributed by atoms with Crippen molar-refractivity contribution in [3.63, 3.8) is 0 Å². The van der Waals surface area contributed by atoms with Crippen molar-refractivity contribution in [2.75, 3.05) is 0 Å². The highest BCUT2D eigenvalue weighted by molar-refractivity contribution is 8.26. The number of hydrogen-bond acceptors (Lipinski definition) is 6. The van der Waals surface area contributed by atoms with E-state index < -0.39 is 10.0 Å². The van der Waals surface area contributed by atoms with Crippen LogP contribution in [0.4, 0.5) is 0 Å². The zero-order valence-electron chi connectivity index (χ0n) is 11.9. The Morgan fingerprint density at radius 3 is 2.05 bits per heavy atom. The molecule has 0 atom stereocenters. The molecule has 1 saturated carbocycles. The van der Waals surface area contributed by atoms with Crippen LogP contribution in [0, 0.1) is 16.7 Å². The van der Waals surface area contributed by atoms with E-state index >= 15 is 0 Å². The molecule has 0 aromatic heterocycles. The molecule has 0 aliphatic heterocycles. The smallest absolute Gasteiger partial charge is 0.243 e. The lowest BCUT2D eigenvalue weighted by atomic mass is 10.0. The zero-order valence-corrected chi connectivity index (χ0v) is 13.6. The number of thioether (sulfide) groups is 1. The van der Waals surface area contributed by atoms with Gasteiger partial charge in [0.2, 0.25) is 15.9 Å². The maximum Gasteiger partial charge on any atom is 0.243 e. The Hall–Kier alpha value is -1.06. The molecule has 0 unspecified atom stereocenters. The van der Waals surface area contributed by atoms with Crippen molar-refractivity contribution in [3.05, 3.63) is 10.8 Å². The van der Waals surface area contributed by atoms with Gasteiger partial charge in [0.25, 0.3) is 0 Å². The average Bonchev–Trinajstić information content (AvgIpc) is 2.66. The fourth-order valence-corrected chi connectivity index (χ4v) is 3.40. The highest BCUT2D eigenvalue weighted by Crippen LogP contribution is 2.68. The van der Waals surface area contributed by atoms with E-state index in [0.29, 0.717) is 11.8 Å². The zero-order chi connectivity index (χ0) is 15.9. The van der Waals surface area contributed by atoms with Crippen LogP contribution in [-0.4, -0.2) is 19.5 Å². The number of rotatable bonds is 3. The predicted octanol–water partition coefficient (Wildman–Crippen LogP) is 0.507. The minimum absolute atomic E-state index is 0.0486. The summed E-state index contributed by atoms with van der Waals surface area (Å²) in [7, 11) is -3.91. The van der Waals surface area contributed by atoms with Crippen LogP contribution in [0.15, 0.2) is 15.9 Å². The van der Waals surface area contributed by atoms with Crippen molar-refractivity contribution in [1.82, 2.24) is 5.32 Å². The van der Waals surface area contributed by atoms with Gasteiger partial charge in [-0.2, -0.15) is 5.10 Å². The first-order valence-corrected chi connectivity index (χ1v) is 8.20. The maximum absolute atomic E-state index is 12.2. The van der Waals surface area contributed by atoms with Gasteiger partial charge in [-0.15, -0.1) is 0 Å². The predicted molar refractivity (Wildman–Crippen MR) is 80.7 cm³/mol. The van der Waals surface area contributed by atoms with Crippen LogP contribution >= 0.6 is 11.8 Å². The van der Waals surface area contributed by atoms with Crippen LogP contribution in [0.5, 0.6) is 0 Å². The summed E-state index contributed by atoms with van der Waals surface area (Å²) in [5.41, 5.74) is -0.281. The summed E-state index contributed by atoms with van der Waals surface area (Å²) in [4.78, 5) is 12.2. The summed E-state index contributed by atoms with van der Waals surface area (Å²) in [5, 5.41) is 10.7. The number of hydrazone groups is 1. The first kappa shape index (κ1) is 17.0. The highest BCUT2D eigenvalue weighted by Gasteiger charge is 2.68. The molecule has 1 fully saturated rings. The van der Waals surface area contributed by atoms with Gasteiger partial charge < -0.3 is 11.2 Å². The molecule has 0 aromatic rings. The minimum atomic E-state index is -3.91. The SMILES string of the molecule is C=C(S/C(=N\N)NC(=O)C1C(C)(C)C1(C)C)S(N)(=O)=O. The quantitative estimate of drug-likeness (QED) is 0.302. The molecule has 0 saturated heterocycles. The monoisotopic (exact) mass is 320 g/mol. The Morgan fingerprint density at radius 2 is 1.75 bits per heavy atom. The topological polar surface area (TPSA) is 128 Å². The molecule has 0 heterocycles. The number of carbonyl (C=O) groups excluding carboxylic acids is 1. The van der Waals surface area contributed by atoms with Gasteiger partial charge in [0.05, 0.1) is 0 Å². The van der Waals surface area contributed by atoms with E-state index in [9.17, 15) is 13.2 Å². The Morgan fingerprint density at radius 1 is 1.30 bits per heavy atom. The molecule has 0 bridgehead atoms. The Bertz CT molecular complexity index is 564. The molecule has 1 aliphatic carbocycles. The molecule has 1 amide bonds. The van der Waals surface area contributed by atoms with E-state index in [2.05, 4.69) is 17.0 Å². The molecule has 114 valence electrons. The number of hydrogen-bond donors (Lipinski definition) is 3. The van der Waals surface area contributed by atoms with Crippen LogP contribution < -0.4 is 16.3 Å². The molecular weight excluding hydrogens is 300 g/mol. The Kier molecular flexibility index (Phi) is 4.29. The van der Waals surface area contributed by atoms with Gasteiger partial charge in [0.1, 0.15) is 4.24 Å². The highest BCUT2D eigenvalue weighted by atomic mass is 32.3. The van der Waals surface area contributed by atoms with Gasteiger partial charge in [-0.1, -0.05) is 34.3 Å². The summed E-state index contributed by atoms with van der Waals surface area (Å²) < 4.78 is 21.8. The van der Waals surface area contributed by atoms with Crippen LogP contribution in [-0.2, 0) is 14.8 Å². The summed E-state index contributed by atoms with van der Waals surface area (Å²) in [6, 6.07) is 0. The third kappa shape index (κ3) is 2.99. The van der Waals surface area contributed by atoms with Crippen LogP contribution in [0.2, 0.25) is 0 Å². The van der Waals surface area contributed by atoms with E-state index in [1.807, 2.05) is 27.7 Å². The molecule has 9 heteroatoms. The Labute approximate surface area is 123 Å². The number of nitrogens with two attached hydrogens (primary N) is 2. The number of nitrogens with zero attached hydrogens (tertiary/aromatic N) is 1. The average molecular weight is 320 g/mol. The van der Waals surface area contributed by atoms with Gasteiger partial charge in [-0.3, -0.25) is 4.79 Å². The number of amides is 1. The van der Waals surface area contributed by atoms with E-state index in [0.717, 1.165) is 0 Å². The lowest BCUT2D eigenvalue weighted by Gasteiger charge is -2.08. The molecule has 0 radical (unpaired) electrons. The summed E-state index contributed by atoms with van der Waals surface area (Å²) in [6.45, 7) is 11.3. The first-order valence-electron chi connectivity index (χ1n) is 5.84. The standard InChI is InChI=1S/C11H20N4O3S2/c1-6(20(13,17)18)19-9(15-12)14-8(16)7-10(2,3)11(7,4)5/h7H,1,12H2,2-5H3,(H2,13,17,18)(H,14,15,16). The molecule has 5 N–H and O–H groups in total. The number of nitrogens with one attached hydrogen (secondary N) is 1. The van der Waals surface area contributed by atoms with Crippen LogP contribution in [0.1, 0.15) is 27.7 Å². The number of carbonyl (C=O) groups is 1. The van der Waals surface area contributed by atoms with E-state index in [4.69, 9.17) is 11.0 Å². The van der Waals surface area contributed by atoms with Gasteiger partial charge in [-0.25, -0.2) is 13.6 Å². The van der Waals surface area contributed by atoms with Gasteiger partial charge in [0, 0.05) is 5.92 Å². The second kappa shape index (κ2) is 5.05. The Balaban J connectivity index is 2.74. The maximum atomic E-state index is 12.2. The van der Waals surface area contributed by atoms with Crippen molar-refractivity contribution in [1.29, 1.82) is 0 Å². The largest absolute Gasteiger partial charge is 0.321 e. The number of primary sulfonamides is 1. The molecule has 1 aliphatic rings. The lowest BCUT2D eigenvalue weighted by Crippen LogP contribution is -2.33. The van der Waals surface area contributed by atoms with Crippen molar-refractivity contribution in [2.45, 2.75) is 27.7 Å². The lowest BCUT2D eigenvalue weighted by molar-refractivity contribution is -0.121. The number of amidine groups is 1. The third-order valence-corrected chi connectivity index (χ3v) is 6.37. The van der Waals surface area contributed by atoms with Crippen molar-refractivity contribution < 1.29 is 13.2 Å². The normalized spacial score (nSPS) is 21.4. The van der Waals surface area contributed by atoms with E-state index in [1.165, 1.54) is 0 Å². The van der Waals surface area contributed by atoms with Crippen LogP contribution in [0.25, 0.3) is 0 Å². The van der Waals surface area contributed by atoms with Gasteiger partial charge in [0.15, 0.2) is 5.17 Å². The third-order valence-electron chi connectivity index (χ3n) is 4.16. The van der Waals surface area contributed by atoms with Crippen molar-refractivity contribution >= 4 is 32.9 Å². The van der Waals surface area contributed by atoms with Gasteiger partial charge >= 0.3 is 0 Å². The fraction of sp³-hybridized carbons (Fsp3) is 0.636. The molecule has 0 spiro atoms. The first-order chi connectivity index (χ1) is 8.85. The molecule has 20 heavy (non-hydrogen) atoms.